The van der Waals surface area contributed by atoms with Crippen LogP contribution in [-0.2, 0) is 20.2 Å². The minimum atomic E-state index is -3.76. The van der Waals surface area contributed by atoms with Crippen LogP contribution in [-0.4, -0.2) is 39.8 Å². The van der Waals surface area contributed by atoms with Crippen molar-refractivity contribution in [3.05, 3.63) is 59.9 Å². The van der Waals surface area contributed by atoms with Gasteiger partial charge in [0.2, 0.25) is 15.9 Å². The first-order chi connectivity index (χ1) is 14.4. The molecule has 0 aliphatic carbocycles. The van der Waals surface area contributed by atoms with Crippen molar-refractivity contribution in [1.29, 1.82) is 0 Å². The number of anilines is 1. The Kier molecular flexibility index (Phi) is 8.06. The molecule has 0 spiro atoms. The molecule has 0 unspecified atom stereocenters. The van der Waals surface area contributed by atoms with E-state index >= 15 is 0 Å². The number of halogens is 1. The first-order valence-electron chi connectivity index (χ1n) is 10.2. The molecule has 0 bridgehead atoms. The fourth-order valence-electron chi connectivity index (χ4n) is 3.16. The van der Waals surface area contributed by atoms with E-state index in [-0.39, 0.29) is 30.7 Å². The third-order valence-corrected chi connectivity index (χ3v) is 5.98. The van der Waals surface area contributed by atoms with E-state index in [2.05, 4.69) is 26.1 Å². The van der Waals surface area contributed by atoms with Gasteiger partial charge in [-0.15, -0.1) is 0 Å². The number of nitrogens with zero attached hydrogens (tertiary/aromatic N) is 1. The van der Waals surface area contributed by atoms with Gasteiger partial charge in [0.1, 0.15) is 24.2 Å². The van der Waals surface area contributed by atoms with Crippen LogP contribution in [0.5, 0.6) is 5.75 Å². The minimum Gasteiger partial charge on any atom is -0.492 e. The summed E-state index contributed by atoms with van der Waals surface area (Å²) in [5.41, 5.74) is 1.49. The van der Waals surface area contributed by atoms with E-state index in [9.17, 15) is 17.6 Å². The second-order valence-corrected chi connectivity index (χ2v) is 10.2. The van der Waals surface area contributed by atoms with Crippen molar-refractivity contribution in [3.63, 3.8) is 0 Å². The number of ether oxygens (including phenoxy) is 1. The number of amides is 1. The third kappa shape index (κ3) is 6.95. The summed E-state index contributed by atoms with van der Waals surface area (Å²) in [6, 6.07) is 11.9. The fourth-order valence-corrected chi connectivity index (χ4v) is 4.37. The molecule has 0 heterocycles. The van der Waals surface area contributed by atoms with Crippen molar-refractivity contribution in [3.8, 4) is 5.75 Å². The molecule has 31 heavy (non-hydrogen) atoms. The van der Waals surface area contributed by atoms with Crippen LogP contribution in [0, 0.1) is 5.82 Å². The van der Waals surface area contributed by atoms with Gasteiger partial charge in [-0.2, -0.15) is 0 Å². The normalized spacial score (nSPS) is 12.8. The van der Waals surface area contributed by atoms with Gasteiger partial charge >= 0.3 is 0 Å². The monoisotopic (exact) mass is 450 g/mol. The minimum absolute atomic E-state index is 0.0533. The lowest BCUT2D eigenvalue weighted by molar-refractivity contribution is -0.122. The molecule has 0 aliphatic rings. The smallest absolute Gasteiger partial charge is 0.244 e. The molecule has 0 aromatic heterocycles. The van der Waals surface area contributed by atoms with Crippen LogP contribution >= 0.6 is 0 Å². The van der Waals surface area contributed by atoms with Crippen LogP contribution in [0.4, 0.5) is 10.1 Å². The molecule has 2 rings (SSSR count). The highest BCUT2D eigenvalue weighted by atomic mass is 32.2. The lowest BCUT2D eigenvalue weighted by Gasteiger charge is -2.30. The average Bonchev–Trinajstić information content (AvgIpc) is 2.69. The Hall–Kier alpha value is -2.61. The van der Waals surface area contributed by atoms with Crippen LogP contribution in [0.15, 0.2) is 48.5 Å². The van der Waals surface area contributed by atoms with Gasteiger partial charge in [-0.1, -0.05) is 39.8 Å². The van der Waals surface area contributed by atoms with E-state index in [0.717, 1.165) is 22.7 Å². The number of carbonyl (C=O) groups excluding carboxylic acids is 1. The Morgan fingerprint density at radius 1 is 1.10 bits per heavy atom. The topological polar surface area (TPSA) is 75.7 Å². The third-order valence-electron chi connectivity index (χ3n) is 4.80. The molecule has 2 aromatic rings. The van der Waals surface area contributed by atoms with Crippen LogP contribution in [0.3, 0.4) is 0 Å². The molecule has 0 fully saturated rings. The molecule has 6 nitrogen and oxygen atoms in total. The second-order valence-electron chi connectivity index (χ2n) is 8.37. The summed E-state index contributed by atoms with van der Waals surface area (Å²) in [6.45, 7) is 8.58. The molecule has 8 heteroatoms. The number of carbonyl (C=O) groups is 1. The summed E-state index contributed by atoms with van der Waals surface area (Å²) >= 11 is 0. The Bertz CT molecular complexity index is 968. The predicted octanol–water partition coefficient (Wildman–Crippen LogP) is 3.86. The molecular weight excluding hydrogens is 419 g/mol. The molecule has 1 amide bonds. The molecule has 1 N–H and O–H groups in total. The first-order valence-corrected chi connectivity index (χ1v) is 12.0. The maximum absolute atomic E-state index is 13.3. The maximum atomic E-state index is 13.3. The molecule has 0 saturated heterocycles. The molecular formula is C23H31FN2O4S. The fraction of sp³-hybridized carbons (Fsp3) is 0.435. The highest BCUT2D eigenvalue weighted by molar-refractivity contribution is 7.92. The van der Waals surface area contributed by atoms with E-state index < -0.39 is 27.8 Å². The van der Waals surface area contributed by atoms with Crippen molar-refractivity contribution < 1.29 is 22.3 Å². The molecule has 0 radical (unpaired) electrons. The van der Waals surface area contributed by atoms with Gasteiger partial charge in [0.05, 0.1) is 18.5 Å². The highest BCUT2D eigenvalue weighted by Gasteiger charge is 2.31. The summed E-state index contributed by atoms with van der Waals surface area (Å²) in [6.07, 6.45) is 1.28. The van der Waals surface area contributed by atoms with Gasteiger partial charge in [0.15, 0.2) is 0 Å². The van der Waals surface area contributed by atoms with Crippen LogP contribution < -0.4 is 14.4 Å². The number of benzene rings is 2. The van der Waals surface area contributed by atoms with Crippen LogP contribution in [0.25, 0.3) is 0 Å². The number of hydrogen-bond donors (Lipinski definition) is 1. The number of rotatable bonds is 9. The van der Waals surface area contributed by atoms with Crippen molar-refractivity contribution in [1.82, 2.24) is 5.32 Å². The predicted molar refractivity (Wildman–Crippen MR) is 121 cm³/mol. The lowest BCUT2D eigenvalue weighted by atomic mass is 9.87. The average molecular weight is 451 g/mol. The zero-order valence-corrected chi connectivity index (χ0v) is 19.5. The summed E-state index contributed by atoms with van der Waals surface area (Å²) in [5.74, 6) is -0.232. The van der Waals surface area contributed by atoms with Crippen molar-refractivity contribution >= 4 is 21.6 Å². The van der Waals surface area contributed by atoms with E-state index in [1.165, 1.54) is 17.7 Å². The quantitative estimate of drug-likeness (QED) is 0.589. The summed E-state index contributed by atoms with van der Waals surface area (Å²) in [4.78, 5) is 12.7. The van der Waals surface area contributed by atoms with Crippen LogP contribution in [0.1, 0.15) is 39.7 Å². The Labute approximate surface area is 184 Å². The van der Waals surface area contributed by atoms with E-state index in [0.29, 0.717) is 5.75 Å². The summed E-state index contributed by atoms with van der Waals surface area (Å²) in [5, 5.41) is 2.73. The van der Waals surface area contributed by atoms with Gasteiger partial charge in [-0.3, -0.25) is 9.10 Å². The molecule has 0 aliphatic heterocycles. The summed E-state index contributed by atoms with van der Waals surface area (Å²) in [7, 11) is -3.76. The zero-order valence-electron chi connectivity index (χ0n) is 18.7. The lowest BCUT2D eigenvalue weighted by Crippen LogP contribution is -2.50. The standard InChI is InChI=1S/C23H31FN2O4S/c1-6-21(26(31(5,28)29)19-11-9-18(24)10-12-19)22(27)25-15-16-30-20-13-7-17(8-14-20)23(2,3)4/h7-14,21H,6,15-16H2,1-5H3,(H,25,27)/t21-/m0/s1. The molecule has 2 aromatic carbocycles. The maximum Gasteiger partial charge on any atom is 0.244 e. The summed E-state index contributed by atoms with van der Waals surface area (Å²) < 4.78 is 44.7. The van der Waals surface area contributed by atoms with Gasteiger partial charge in [0.25, 0.3) is 0 Å². The highest BCUT2D eigenvalue weighted by Crippen LogP contribution is 2.24. The van der Waals surface area contributed by atoms with Crippen LogP contribution in [0.2, 0.25) is 0 Å². The molecule has 0 saturated carbocycles. The zero-order chi connectivity index (χ0) is 23.2. The number of sulfonamides is 1. The Morgan fingerprint density at radius 2 is 1.68 bits per heavy atom. The largest absolute Gasteiger partial charge is 0.492 e. The van der Waals surface area contributed by atoms with Gasteiger partial charge < -0.3 is 10.1 Å². The van der Waals surface area contributed by atoms with Gasteiger partial charge in [-0.25, -0.2) is 12.8 Å². The molecule has 1 atom stereocenters. The second kappa shape index (κ2) is 10.1. The van der Waals surface area contributed by atoms with E-state index in [1.807, 2.05) is 24.3 Å². The van der Waals surface area contributed by atoms with Crippen molar-refractivity contribution in [2.24, 2.45) is 0 Å². The van der Waals surface area contributed by atoms with E-state index in [1.54, 1.807) is 6.92 Å². The van der Waals surface area contributed by atoms with E-state index in [4.69, 9.17) is 4.74 Å². The number of nitrogens with one attached hydrogen (secondary N) is 1. The number of hydrogen-bond acceptors (Lipinski definition) is 4. The molecule has 170 valence electrons. The SMILES string of the molecule is CC[C@@H](C(=O)NCCOc1ccc(C(C)(C)C)cc1)N(c1ccc(F)cc1)S(C)(=O)=O. The van der Waals surface area contributed by atoms with Gasteiger partial charge in [0, 0.05) is 0 Å². The first kappa shape index (κ1) is 24.7. The van der Waals surface area contributed by atoms with Crippen molar-refractivity contribution in [2.45, 2.75) is 45.6 Å². The Morgan fingerprint density at radius 3 is 2.16 bits per heavy atom. The van der Waals surface area contributed by atoms with Crippen molar-refractivity contribution in [2.75, 3.05) is 23.7 Å². The Balaban J connectivity index is 1.99. The van der Waals surface area contributed by atoms with Gasteiger partial charge in [-0.05, 0) is 53.8 Å².